The van der Waals surface area contributed by atoms with E-state index in [1.807, 2.05) is 0 Å². The quantitative estimate of drug-likeness (QED) is 0.425. The maximum Gasteiger partial charge on any atom is 0.123 e. The smallest absolute Gasteiger partial charge is 0.123 e. The zero-order valence-corrected chi connectivity index (χ0v) is 8.17. The molecule has 1 fully saturated rings. The van der Waals surface area contributed by atoms with E-state index in [-0.39, 0.29) is 11.9 Å². The van der Waals surface area contributed by atoms with Gasteiger partial charge in [0.05, 0.1) is 6.04 Å². The van der Waals surface area contributed by atoms with Gasteiger partial charge in [0, 0.05) is 24.5 Å². The first-order valence-electron chi connectivity index (χ1n) is 4.79. The summed E-state index contributed by atoms with van der Waals surface area (Å²) in [5.41, 5.74) is 9.29. The minimum Gasteiger partial charge on any atom is -0.298 e. The van der Waals surface area contributed by atoms with Crippen molar-refractivity contribution in [1.29, 1.82) is 0 Å². The predicted molar refractivity (Wildman–Crippen MR) is 54.6 cm³/mol. The van der Waals surface area contributed by atoms with E-state index in [1.165, 1.54) is 12.1 Å². The predicted octanol–water partition coefficient (Wildman–Crippen LogP) is 2.32. The summed E-state index contributed by atoms with van der Waals surface area (Å²) in [4.78, 5) is 4.92. The van der Waals surface area contributed by atoms with Gasteiger partial charge in [-0.05, 0) is 23.2 Å². The maximum atomic E-state index is 12.6. The Bertz CT molecular complexity index is 377. The Morgan fingerprint density at radius 1 is 1.40 bits per heavy atom. The highest BCUT2D eigenvalue weighted by Gasteiger charge is 2.24. The molecule has 78 valence electrons. The summed E-state index contributed by atoms with van der Waals surface area (Å²) in [6, 6.07) is 6.57. The Morgan fingerprint density at radius 2 is 2.07 bits per heavy atom. The van der Waals surface area contributed by atoms with Gasteiger partial charge >= 0.3 is 0 Å². The van der Waals surface area contributed by atoms with Crippen LogP contribution < -0.4 is 0 Å². The Balaban J connectivity index is 1.84. The first kappa shape index (κ1) is 9.96. The third-order valence-electron chi connectivity index (χ3n) is 2.47. The summed E-state index contributed by atoms with van der Waals surface area (Å²) < 4.78 is 12.6. The lowest BCUT2D eigenvalue weighted by atomic mass is 10.1. The lowest BCUT2D eigenvalue weighted by molar-refractivity contribution is 0.142. The molecule has 1 saturated heterocycles. The fourth-order valence-corrected chi connectivity index (χ4v) is 1.67. The largest absolute Gasteiger partial charge is 0.298 e. The van der Waals surface area contributed by atoms with Crippen LogP contribution in [0.4, 0.5) is 4.39 Å². The van der Waals surface area contributed by atoms with Gasteiger partial charge in [-0.2, -0.15) is 0 Å². The fraction of sp³-hybridized carbons (Fsp3) is 0.400. The third-order valence-corrected chi connectivity index (χ3v) is 2.47. The second kappa shape index (κ2) is 4.29. The number of hydrogen-bond donors (Lipinski definition) is 0. The van der Waals surface area contributed by atoms with Crippen LogP contribution >= 0.6 is 0 Å². The molecule has 0 amide bonds. The zero-order chi connectivity index (χ0) is 10.7. The fourth-order valence-electron chi connectivity index (χ4n) is 1.67. The van der Waals surface area contributed by atoms with Crippen LogP contribution in [-0.4, -0.2) is 24.0 Å². The molecule has 1 aromatic rings. The molecule has 2 rings (SSSR count). The van der Waals surface area contributed by atoms with Crippen molar-refractivity contribution in [1.82, 2.24) is 4.90 Å². The molecule has 1 aliphatic heterocycles. The van der Waals surface area contributed by atoms with Crippen molar-refractivity contribution in [2.75, 3.05) is 13.1 Å². The van der Waals surface area contributed by atoms with Gasteiger partial charge in [0.25, 0.3) is 0 Å². The highest BCUT2D eigenvalue weighted by Crippen LogP contribution is 2.15. The third kappa shape index (κ3) is 2.46. The molecule has 0 aliphatic carbocycles. The van der Waals surface area contributed by atoms with Crippen molar-refractivity contribution in [2.45, 2.75) is 12.6 Å². The zero-order valence-electron chi connectivity index (χ0n) is 8.17. The van der Waals surface area contributed by atoms with E-state index in [0.717, 1.165) is 25.2 Å². The van der Waals surface area contributed by atoms with Crippen LogP contribution in [0.5, 0.6) is 0 Å². The molecule has 1 aliphatic rings. The van der Waals surface area contributed by atoms with Gasteiger partial charge in [0.2, 0.25) is 0 Å². The number of likely N-dealkylation sites (tertiary alicyclic amines) is 1. The molecule has 0 unspecified atom stereocenters. The van der Waals surface area contributed by atoms with Gasteiger partial charge < -0.3 is 0 Å². The van der Waals surface area contributed by atoms with Gasteiger partial charge in [-0.25, -0.2) is 4.39 Å². The Hall–Kier alpha value is -1.58. The molecule has 4 nitrogen and oxygen atoms in total. The lowest BCUT2D eigenvalue weighted by Gasteiger charge is -2.36. The van der Waals surface area contributed by atoms with Crippen LogP contribution in [0.25, 0.3) is 10.4 Å². The van der Waals surface area contributed by atoms with E-state index in [2.05, 4.69) is 14.9 Å². The van der Waals surface area contributed by atoms with Crippen molar-refractivity contribution in [3.8, 4) is 0 Å². The number of rotatable bonds is 3. The average Bonchev–Trinajstić information content (AvgIpc) is 2.18. The minimum atomic E-state index is -0.214. The second-order valence-corrected chi connectivity index (χ2v) is 3.68. The molecule has 0 N–H and O–H groups in total. The van der Waals surface area contributed by atoms with Crippen molar-refractivity contribution < 1.29 is 4.39 Å². The molecule has 1 aromatic carbocycles. The van der Waals surface area contributed by atoms with Crippen molar-refractivity contribution in [3.05, 3.63) is 46.1 Å². The second-order valence-electron chi connectivity index (χ2n) is 3.68. The van der Waals surface area contributed by atoms with E-state index in [0.29, 0.717) is 0 Å². The van der Waals surface area contributed by atoms with Crippen LogP contribution in [0.2, 0.25) is 0 Å². The molecule has 1 heterocycles. The highest BCUT2D eigenvalue weighted by atomic mass is 19.1. The van der Waals surface area contributed by atoms with Crippen LogP contribution in [-0.2, 0) is 6.54 Å². The molecule has 0 bridgehead atoms. The van der Waals surface area contributed by atoms with Gasteiger partial charge in [0.1, 0.15) is 5.82 Å². The summed E-state index contributed by atoms with van der Waals surface area (Å²) in [6.45, 7) is 2.38. The van der Waals surface area contributed by atoms with E-state index < -0.39 is 0 Å². The standard InChI is InChI=1S/C10H11FN4/c11-9-3-1-8(2-4-9)5-15-6-10(7-15)13-14-12/h1-4,10H,5-7H2. The molecule has 0 radical (unpaired) electrons. The summed E-state index contributed by atoms with van der Waals surface area (Å²) >= 11 is 0. The Morgan fingerprint density at radius 3 is 2.67 bits per heavy atom. The van der Waals surface area contributed by atoms with Gasteiger partial charge in [-0.3, -0.25) is 4.90 Å². The molecule has 0 aromatic heterocycles. The number of halogens is 1. The Kier molecular flexibility index (Phi) is 2.85. The number of benzene rings is 1. The lowest BCUT2D eigenvalue weighted by Crippen LogP contribution is -2.48. The van der Waals surface area contributed by atoms with E-state index in [1.54, 1.807) is 12.1 Å². The molecule has 5 heteroatoms. The monoisotopic (exact) mass is 206 g/mol. The summed E-state index contributed by atoms with van der Waals surface area (Å²) in [6.07, 6.45) is 0. The molecule has 0 saturated carbocycles. The first-order valence-corrected chi connectivity index (χ1v) is 4.79. The number of azide groups is 1. The summed E-state index contributed by atoms with van der Waals surface area (Å²) in [5.74, 6) is -0.214. The molecule has 0 atom stereocenters. The normalized spacial score (nSPS) is 16.9. The molecule has 15 heavy (non-hydrogen) atoms. The number of hydrogen-bond acceptors (Lipinski definition) is 2. The summed E-state index contributed by atoms with van der Waals surface area (Å²) in [5, 5.41) is 3.61. The minimum absolute atomic E-state index is 0.107. The van der Waals surface area contributed by atoms with Crippen molar-refractivity contribution in [3.63, 3.8) is 0 Å². The van der Waals surface area contributed by atoms with E-state index in [4.69, 9.17) is 5.53 Å². The Labute approximate surface area is 86.9 Å². The van der Waals surface area contributed by atoms with Gasteiger partial charge in [-0.1, -0.05) is 17.2 Å². The van der Waals surface area contributed by atoms with Gasteiger partial charge in [-0.15, -0.1) is 0 Å². The van der Waals surface area contributed by atoms with Crippen LogP contribution in [0, 0.1) is 5.82 Å². The topological polar surface area (TPSA) is 52.0 Å². The van der Waals surface area contributed by atoms with Crippen molar-refractivity contribution in [2.24, 2.45) is 5.11 Å². The molecule has 0 spiro atoms. The van der Waals surface area contributed by atoms with E-state index in [9.17, 15) is 4.39 Å². The highest BCUT2D eigenvalue weighted by molar-refractivity contribution is 5.16. The van der Waals surface area contributed by atoms with Crippen LogP contribution in [0.1, 0.15) is 5.56 Å². The van der Waals surface area contributed by atoms with Crippen LogP contribution in [0.15, 0.2) is 29.4 Å². The van der Waals surface area contributed by atoms with Gasteiger partial charge in [0.15, 0.2) is 0 Å². The number of nitrogens with zero attached hydrogens (tertiary/aromatic N) is 4. The maximum absolute atomic E-state index is 12.6. The van der Waals surface area contributed by atoms with E-state index >= 15 is 0 Å². The summed E-state index contributed by atoms with van der Waals surface area (Å²) in [7, 11) is 0. The SMILES string of the molecule is [N-]=[N+]=NC1CN(Cc2ccc(F)cc2)C1. The first-order chi connectivity index (χ1) is 7.28. The van der Waals surface area contributed by atoms with Crippen LogP contribution in [0.3, 0.4) is 0 Å². The van der Waals surface area contributed by atoms with Crippen molar-refractivity contribution >= 4 is 0 Å². The molecular formula is C10H11FN4. The average molecular weight is 206 g/mol. The molecular weight excluding hydrogens is 195 g/mol.